The summed E-state index contributed by atoms with van der Waals surface area (Å²) >= 11 is 12.2. The molecule has 4 nitrogen and oxygen atoms in total. The summed E-state index contributed by atoms with van der Waals surface area (Å²) < 4.78 is 0. The highest BCUT2D eigenvalue weighted by molar-refractivity contribution is 6.36. The summed E-state index contributed by atoms with van der Waals surface area (Å²) in [5, 5.41) is 3.88. The Balaban J connectivity index is 1.87. The van der Waals surface area contributed by atoms with E-state index in [-0.39, 0.29) is 5.70 Å². The molecule has 0 saturated carbocycles. The molecule has 2 aromatic carbocycles. The summed E-state index contributed by atoms with van der Waals surface area (Å²) in [6.07, 6.45) is 1.26. The van der Waals surface area contributed by atoms with Crippen LogP contribution >= 0.6 is 23.2 Å². The molecule has 116 valence electrons. The van der Waals surface area contributed by atoms with Gasteiger partial charge in [0.2, 0.25) is 0 Å². The summed E-state index contributed by atoms with van der Waals surface area (Å²) in [5.74, 6) is -0.818. The van der Waals surface area contributed by atoms with Crippen LogP contribution in [-0.2, 0) is 9.59 Å². The van der Waals surface area contributed by atoms with Gasteiger partial charge in [0.1, 0.15) is 5.70 Å². The number of hydrogen-bond acceptors (Lipinski definition) is 3. The monoisotopic (exact) mass is 346 g/mol. The van der Waals surface area contributed by atoms with Crippen molar-refractivity contribution >= 4 is 46.4 Å². The van der Waals surface area contributed by atoms with E-state index in [0.717, 1.165) is 10.5 Å². The van der Waals surface area contributed by atoms with Crippen LogP contribution in [0.5, 0.6) is 0 Å². The van der Waals surface area contributed by atoms with E-state index in [1.54, 1.807) is 43.3 Å². The van der Waals surface area contributed by atoms with Crippen LogP contribution in [-0.4, -0.2) is 11.8 Å². The average molecular weight is 347 g/mol. The zero-order chi connectivity index (χ0) is 16.6. The first-order chi connectivity index (χ1) is 11.0. The van der Waals surface area contributed by atoms with Crippen molar-refractivity contribution in [1.82, 2.24) is 0 Å². The van der Waals surface area contributed by atoms with Crippen LogP contribution in [0.1, 0.15) is 5.56 Å². The topological polar surface area (TPSA) is 49.4 Å². The van der Waals surface area contributed by atoms with E-state index >= 15 is 0 Å². The van der Waals surface area contributed by atoms with Crippen molar-refractivity contribution in [2.75, 3.05) is 10.2 Å². The second-order valence-corrected chi connectivity index (χ2v) is 5.88. The van der Waals surface area contributed by atoms with Gasteiger partial charge in [0, 0.05) is 21.8 Å². The van der Waals surface area contributed by atoms with E-state index in [4.69, 9.17) is 23.2 Å². The third-order valence-electron chi connectivity index (χ3n) is 3.50. The van der Waals surface area contributed by atoms with Gasteiger partial charge in [-0.15, -0.1) is 0 Å². The van der Waals surface area contributed by atoms with E-state index in [1.807, 2.05) is 6.07 Å². The molecule has 1 aliphatic rings. The van der Waals surface area contributed by atoms with Crippen molar-refractivity contribution < 1.29 is 9.59 Å². The number of nitrogens with zero attached hydrogens (tertiary/aromatic N) is 1. The summed E-state index contributed by atoms with van der Waals surface area (Å²) in [5.41, 5.74) is 2.01. The second-order valence-electron chi connectivity index (χ2n) is 5.06. The minimum absolute atomic E-state index is 0.176. The molecular formula is C17H12Cl2N2O2. The summed E-state index contributed by atoms with van der Waals surface area (Å²) in [6.45, 7) is 1.80. The fourth-order valence-electron chi connectivity index (χ4n) is 2.25. The fourth-order valence-corrected chi connectivity index (χ4v) is 2.74. The highest BCUT2D eigenvalue weighted by atomic mass is 35.5. The molecule has 2 amide bonds. The standard InChI is InChI=1S/C17H12Cl2N2O2/c1-10-13(18)7-11(8-14(10)19)20-15-9-16(22)21(17(15)23)12-5-3-2-4-6-12/h2-9,20H,1H3. The van der Waals surface area contributed by atoms with Gasteiger partial charge < -0.3 is 5.32 Å². The largest absolute Gasteiger partial charge is 0.351 e. The number of para-hydroxylation sites is 1. The number of amides is 2. The summed E-state index contributed by atoms with van der Waals surface area (Å²) in [4.78, 5) is 25.7. The Morgan fingerprint density at radius 2 is 1.61 bits per heavy atom. The average Bonchev–Trinajstić information content (AvgIpc) is 2.80. The maximum Gasteiger partial charge on any atom is 0.281 e. The quantitative estimate of drug-likeness (QED) is 0.848. The molecule has 0 spiro atoms. The molecule has 0 unspecified atom stereocenters. The lowest BCUT2D eigenvalue weighted by Crippen LogP contribution is -2.31. The molecule has 0 aromatic heterocycles. The SMILES string of the molecule is Cc1c(Cl)cc(NC2=CC(=O)N(c3ccccc3)C2=O)cc1Cl. The fraction of sp³-hybridized carbons (Fsp3) is 0.0588. The number of carbonyl (C=O) groups excluding carboxylic acids is 2. The Labute approximate surface area is 143 Å². The Bertz CT molecular complexity index is 809. The first kappa shape index (κ1) is 15.6. The van der Waals surface area contributed by atoms with E-state index in [2.05, 4.69) is 5.32 Å². The van der Waals surface area contributed by atoms with Gasteiger partial charge in [-0.2, -0.15) is 0 Å². The number of nitrogens with one attached hydrogen (secondary N) is 1. The number of anilines is 2. The molecule has 3 rings (SSSR count). The van der Waals surface area contributed by atoms with Crippen LogP contribution in [0, 0.1) is 6.92 Å². The molecule has 0 saturated heterocycles. The second kappa shape index (κ2) is 6.07. The van der Waals surface area contributed by atoms with Gasteiger partial charge in [-0.25, -0.2) is 4.90 Å². The Morgan fingerprint density at radius 3 is 2.22 bits per heavy atom. The molecule has 23 heavy (non-hydrogen) atoms. The van der Waals surface area contributed by atoms with Crippen molar-refractivity contribution in [2.24, 2.45) is 0 Å². The molecule has 2 aromatic rings. The predicted octanol–water partition coefficient (Wildman–Crippen LogP) is 4.17. The van der Waals surface area contributed by atoms with E-state index in [9.17, 15) is 9.59 Å². The van der Waals surface area contributed by atoms with Gasteiger partial charge >= 0.3 is 0 Å². The van der Waals surface area contributed by atoms with Gasteiger partial charge in [0.15, 0.2) is 0 Å². The summed E-state index contributed by atoms with van der Waals surface area (Å²) in [7, 11) is 0. The number of hydrogen-bond donors (Lipinski definition) is 1. The minimum atomic E-state index is -0.422. The maximum atomic E-state index is 12.5. The van der Waals surface area contributed by atoms with Gasteiger partial charge in [0.05, 0.1) is 5.69 Å². The zero-order valence-electron chi connectivity index (χ0n) is 12.1. The Kier molecular flexibility index (Phi) is 4.11. The van der Waals surface area contributed by atoms with E-state index < -0.39 is 11.8 Å². The maximum absolute atomic E-state index is 12.5. The first-order valence-corrected chi connectivity index (χ1v) is 7.61. The number of rotatable bonds is 3. The number of imide groups is 1. The third-order valence-corrected chi connectivity index (χ3v) is 4.28. The van der Waals surface area contributed by atoms with Crippen molar-refractivity contribution in [2.45, 2.75) is 6.92 Å². The van der Waals surface area contributed by atoms with Crippen LogP contribution in [0.25, 0.3) is 0 Å². The zero-order valence-corrected chi connectivity index (χ0v) is 13.7. The number of benzene rings is 2. The lowest BCUT2D eigenvalue weighted by molar-refractivity contribution is -0.120. The molecule has 0 fully saturated rings. The molecule has 6 heteroatoms. The molecule has 0 atom stereocenters. The molecule has 0 bridgehead atoms. The number of halogens is 2. The lowest BCUT2D eigenvalue weighted by Gasteiger charge is -2.15. The summed E-state index contributed by atoms with van der Waals surface area (Å²) in [6, 6.07) is 12.1. The van der Waals surface area contributed by atoms with Crippen LogP contribution in [0.15, 0.2) is 54.2 Å². The lowest BCUT2D eigenvalue weighted by atomic mass is 10.2. The molecule has 0 aliphatic carbocycles. The van der Waals surface area contributed by atoms with E-state index in [0.29, 0.717) is 21.4 Å². The van der Waals surface area contributed by atoms with Crippen LogP contribution in [0.4, 0.5) is 11.4 Å². The molecule has 1 aliphatic heterocycles. The van der Waals surface area contributed by atoms with Gasteiger partial charge in [0.25, 0.3) is 11.8 Å². The molecule has 1 heterocycles. The van der Waals surface area contributed by atoms with Gasteiger partial charge in [-0.1, -0.05) is 41.4 Å². The smallest absolute Gasteiger partial charge is 0.281 e. The highest BCUT2D eigenvalue weighted by Crippen LogP contribution is 2.30. The highest BCUT2D eigenvalue weighted by Gasteiger charge is 2.32. The van der Waals surface area contributed by atoms with Crippen molar-refractivity contribution in [3.05, 3.63) is 69.8 Å². The number of carbonyl (C=O) groups is 2. The van der Waals surface area contributed by atoms with Crippen molar-refractivity contribution in [3.63, 3.8) is 0 Å². The molecule has 0 radical (unpaired) electrons. The minimum Gasteiger partial charge on any atom is -0.351 e. The first-order valence-electron chi connectivity index (χ1n) is 6.85. The van der Waals surface area contributed by atoms with Crippen molar-refractivity contribution in [3.8, 4) is 0 Å². The van der Waals surface area contributed by atoms with E-state index in [1.165, 1.54) is 6.08 Å². The van der Waals surface area contributed by atoms with Crippen LogP contribution in [0.3, 0.4) is 0 Å². The normalized spacial score (nSPS) is 14.2. The van der Waals surface area contributed by atoms with Crippen LogP contribution in [0.2, 0.25) is 10.0 Å². The molecular weight excluding hydrogens is 335 g/mol. The van der Waals surface area contributed by atoms with Gasteiger partial charge in [-0.05, 0) is 36.8 Å². The van der Waals surface area contributed by atoms with Crippen LogP contribution < -0.4 is 10.2 Å². The van der Waals surface area contributed by atoms with Gasteiger partial charge in [-0.3, -0.25) is 9.59 Å². The predicted molar refractivity (Wildman–Crippen MR) is 91.8 cm³/mol. The third kappa shape index (κ3) is 2.96. The Morgan fingerprint density at radius 1 is 1.00 bits per heavy atom. The van der Waals surface area contributed by atoms with Crippen molar-refractivity contribution in [1.29, 1.82) is 0 Å². The molecule has 1 N–H and O–H groups in total. The Hall–Kier alpha value is -2.30.